The number of hydrogen-bond acceptors (Lipinski definition) is 3. The normalized spacial score (nSPS) is 24.4. The summed E-state index contributed by atoms with van der Waals surface area (Å²) in [5.41, 5.74) is 8.41. The van der Waals surface area contributed by atoms with E-state index >= 15 is 0 Å². The largest absolute Gasteiger partial charge is 0.397 e. The summed E-state index contributed by atoms with van der Waals surface area (Å²) in [5, 5.41) is 8.89. The highest BCUT2D eigenvalue weighted by Gasteiger charge is 2.27. The lowest BCUT2D eigenvalue weighted by molar-refractivity contribution is 0.494. The van der Waals surface area contributed by atoms with Crippen molar-refractivity contribution in [2.24, 2.45) is 11.8 Å². The van der Waals surface area contributed by atoms with Crippen LogP contribution in [0.4, 0.5) is 11.4 Å². The van der Waals surface area contributed by atoms with Gasteiger partial charge in [-0.25, -0.2) is 0 Å². The van der Waals surface area contributed by atoms with Gasteiger partial charge in [-0.2, -0.15) is 5.26 Å². The molecule has 1 aliphatic heterocycles. The molecule has 0 radical (unpaired) electrons. The molecule has 2 unspecified atom stereocenters. The van der Waals surface area contributed by atoms with Gasteiger partial charge in [-0.3, -0.25) is 0 Å². The van der Waals surface area contributed by atoms with E-state index in [1.54, 1.807) is 6.07 Å². The highest BCUT2D eigenvalue weighted by Crippen LogP contribution is 2.31. The minimum Gasteiger partial charge on any atom is -0.397 e. The molecule has 0 aliphatic carbocycles. The number of hydrogen-bond donors (Lipinski definition) is 1. The molecule has 1 aromatic carbocycles. The van der Waals surface area contributed by atoms with Crippen LogP contribution in [0.1, 0.15) is 19.4 Å². The fourth-order valence-corrected chi connectivity index (χ4v) is 2.21. The van der Waals surface area contributed by atoms with Crippen LogP contribution in [0, 0.1) is 23.2 Å². The molecule has 2 N–H and O–H groups in total. The first kappa shape index (κ1) is 10.8. The van der Waals surface area contributed by atoms with Crippen molar-refractivity contribution in [2.75, 3.05) is 23.7 Å². The third kappa shape index (κ3) is 1.83. The van der Waals surface area contributed by atoms with Gasteiger partial charge in [0.15, 0.2) is 0 Å². The molecule has 16 heavy (non-hydrogen) atoms. The number of anilines is 2. The number of nitrogens with zero attached hydrogens (tertiary/aromatic N) is 2. The minimum atomic E-state index is 0.677. The lowest BCUT2D eigenvalue weighted by atomic mass is 10.0. The second-order valence-corrected chi connectivity index (χ2v) is 4.74. The first-order valence-electron chi connectivity index (χ1n) is 5.66. The van der Waals surface area contributed by atoms with Gasteiger partial charge in [-0.1, -0.05) is 13.8 Å². The zero-order chi connectivity index (χ0) is 11.7. The third-order valence-corrected chi connectivity index (χ3v) is 3.49. The van der Waals surface area contributed by atoms with Crippen molar-refractivity contribution < 1.29 is 0 Å². The van der Waals surface area contributed by atoms with Gasteiger partial charge in [0.05, 0.1) is 23.0 Å². The quantitative estimate of drug-likeness (QED) is 0.731. The molecule has 0 spiro atoms. The molecule has 1 aliphatic rings. The summed E-state index contributed by atoms with van der Waals surface area (Å²) in [6.07, 6.45) is 0. The Hall–Kier alpha value is -1.69. The van der Waals surface area contributed by atoms with E-state index in [0.29, 0.717) is 17.4 Å². The van der Waals surface area contributed by atoms with Crippen LogP contribution in [-0.2, 0) is 0 Å². The maximum Gasteiger partial charge on any atom is 0.0992 e. The van der Waals surface area contributed by atoms with Crippen LogP contribution in [0.5, 0.6) is 0 Å². The van der Waals surface area contributed by atoms with Crippen LogP contribution in [0.25, 0.3) is 0 Å². The zero-order valence-corrected chi connectivity index (χ0v) is 9.77. The molecule has 0 aromatic heterocycles. The maximum absolute atomic E-state index is 8.89. The standard InChI is InChI=1S/C13H17N3/c1-9-7-16(8-10(9)2)13-5-11(6-14)3-4-12(13)15/h3-5,9-10H,7-8,15H2,1-2H3. The Balaban J connectivity index is 2.31. The Morgan fingerprint density at radius 3 is 2.50 bits per heavy atom. The Morgan fingerprint density at radius 1 is 1.31 bits per heavy atom. The predicted molar refractivity (Wildman–Crippen MR) is 66.1 cm³/mol. The highest BCUT2D eigenvalue weighted by molar-refractivity contribution is 5.70. The van der Waals surface area contributed by atoms with Gasteiger partial charge in [0.2, 0.25) is 0 Å². The van der Waals surface area contributed by atoms with E-state index in [2.05, 4.69) is 24.8 Å². The lowest BCUT2D eigenvalue weighted by Crippen LogP contribution is -2.20. The van der Waals surface area contributed by atoms with Gasteiger partial charge in [0, 0.05) is 13.1 Å². The molecule has 2 rings (SSSR count). The molecule has 0 saturated carbocycles. The van der Waals surface area contributed by atoms with Gasteiger partial charge >= 0.3 is 0 Å². The Morgan fingerprint density at radius 2 is 1.94 bits per heavy atom. The van der Waals surface area contributed by atoms with Crippen molar-refractivity contribution >= 4 is 11.4 Å². The molecule has 0 bridgehead atoms. The fourth-order valence-electron chi connectivity index (χ4n) is 2.21. The fraction of sp³-hybridized carbons (Fsp3) is 0.462. The van der Waals surface area contributed by atoms with Gasteiger partial charge in [0.25, 0.3) is 0 Å². The Labute approximate surface area is 96.5 Å². The monoisotopic (exact) mass is 215 g/mol. The van der Waals surface area contributed by atoms with E-state index in [9.17, 15) is 0 Å². The summed E-state index contributed by atoms with van der Waals surface area (Å²) < 4.78 is 0. The summed E-state index contributed by atoms with van der Waals surface area (Å²) in [6, 6.07) is 7.63. The average molecular weight is 215 g/mol. The smallest absolute Gasteiger partial charge is 0.0992 e. The molecular weight excluding hydrogens is 198 g/mol. The van der Waals surface area contributed by atoms with Crippen LogP contribution in [-0.4, -0.2) is 13.1 Å². The molecule has 1 fully saturated rings. The minimum absolute atomic E-state index is 0.677. The van der Waals surface area contributed by atoms with Gasteiger partial charge < -0.3 is 10.6 Å². The van der Waals surface area contributed by atoms with Crippen molar-refractivity contribution in [1.29, 1.82) is 5.26 Å². The molecule has 84 valence electrons. The summed E-state index contributed by atoms with van der Waals surface area (Å²) in [4.78, 5) is 2.28. The molecular formula is C13H17N3. The number of nitrogen functional groups attached to an aromatic ring is 1. The second kappa shape index (κ2) is 4.05. The lowest BCUT2D eigenvalue weighted by Gasteiger charge is -2.20. The first-order chi connectivity index (χ1) is 7.61. The molecule has 3 heteroatoms. The van der Waals surface area contributed by atoms with Crippen LogP contribution in [0.15, 0.2) is 18.2 Å². The maximum atomic E-state index is 8.89. The van der Waals surface area contributed by atoms with Gasteiger partial charge in [0.1, 0.15) is 0 Å². The van der Waals surface area contributed by atoms with E-state index in [4.69, 9.17) is 11.0 Å². The van der Waals surface area contributed by atoms with E-state index < -0.39 is 0 Å². The Kier molecular flexibility index (Phi) is 2.74. The summed E-state index contributed by atoms with van der Waals surface area (Å²) in [6.45, 7) is 6.57. The number of nitrogens with two attached hydrogens (primary N) is 1. The van der Waals surface area contributed by atoms with Gasteiger partial charge in [-0.15, -0.1) is 0 Å². The van der Waals surface area contributed by atoms with Crippen LogP contribution in [0.3, 0.4) is 0 Å². The van der Waals surface area contributed by atoms with E-state index in [-0.39, 0.29) is 0 Å². The summed E-state index contributed by atoms with van der Waals surface area (Å²) in [5.74, 6) is 1.37. The summed E-state index contributed by atoms with van der Waals surface area (Å²) >= 11 is 0. The van der Waals surface area contributed by atoms with Crippen molar-refractivity contribution in [2.45, 2.75) is 13.8 Å². The van der Waals surface area contributed by atoms with Crippen molar-refractivity contribution in [1.82, 2.24) is 0 Å². The SMILES string of the molecule is CC1CN(c2cc(C#N)ccc2N)CC1C. The third-order valence-electron chi connectivity index (χ3n) is 3.49. The molecule has 1 saturated heterocycles. The molecule has 1 heterocycles. The van der Waals surface area contributed by atoms with Gasteiger partial charge in [-0.05, 0) is 30.0 Å². The number of nitriles is 1. The molecule has 3 nitrogen and oxygen atoms in total. The summed E-state index contributed by atoms with van der Waals surface area (Å²) in [7, 11) is 0. The van der Waals surface area contributed by atoms with Crippen molar-refractivity contribution in [3.8, 4) is 6.07 Å². The number of rotatable bonds is 1. The highest BCUT2D eigenvalue weighted by atomic mass is 15.2. The number of benzene rings is 1. The van der Waals surface area contributed by atoms with Crippen molar-refractivity contribution in [3.05, 3.63) is 23.8 Å². The topological polar surface area (TPSA) is 53.0 Å². The zero-order valence-electron chi connectivity index (χ0n) is 9.77. The predicted octanol–water partition coefficient (Wildman–Crippen LogP) is 2.23. The molecule has 0 amide bonds. The average Bonchev–Trinajstić information content (AvgIpc) is 2.60. The van der Waals surface area contributed by atoms with Crippen molar-refractivity contribution in [3.63, 3.8) is 0 Å². The molecule has 2 atom stereocenters. The molecule has 1 aromatic rings. The Bertz CT molecular complexity index is 423. The van der Waals surface area contributed by atoms with E-state index in [1.807, 2.05) is 12.1 Å². The van der Waals surface area contributed by atoms with Crippen LogP contribution >= 0.6 is 0 Å². The second-order valence-electron chi connectivity index (χ2n) is 4.74. The van der Waals surface area contributed by atoms with E-state index in [1.165, 1.54) is 0 Å². The van der Waals surface area contributed by atoms with E-state index in [0.717, 1.165) is 24.5 Å². The van der Waals surface area contributed by atoms with Crippen LogP contribution < -0.4 is 10.6 Å². The first-order valence-corrected chi connectivity index (χ1v) is 5.66. The van der Waals surface area contributed by atoms with Crippen LogP contribution in [0.2, 0.25) is 0 Å².